The van der Waals surface area contributed by atoms with Gasteiger partial charge in [0, 0.05) is 62.1 Å². The Morgan fingerprint density at radius 1 is 0.708 bits per heavy atom. The molecular weight excluding hydrogens is 925 g/mol. The number of nitrogens with zero attached hydrogens (tertiary/aromatic N) is 3. The maximum atomic E-state index is 15.0. The predicted molar refractivity (Wildman–Crippen MR) is 277 cm³/mol. The molecule has 0 aliphatic rings. The third-order valence-corrected chi connectivity index (χ3v) is 11.8. The van der Waals surface area contributed by atoms with E-state index in [0.717, 1.165) is 16.5 Å². The minimum Gasteiger partial charge on any atom is -0.481 e. The van der Waals surface area contributed by atoms with E-state index in [1.165, 1.54) is 23.8 Å². The molecule has 2 rings (SSSR count). The third-order valence-electron chi connectivity index (χ3n) is 11.8. The number of ether oxygens (including phenoxy) is 3. The fourth-order valence-electron chi connectivity index (χ4n) is 8.25. The molecule has 18 nitrogen and oxygen atoms in total. The van der Waals surface area contributed by atoms with Crippen molar-refractivity contribution in [2.75, 3.05) is 14.1 Å². The van der Waals surface area contributed by atoms with Crippen molar-refractivity contribution in [1.82, 2.24) is 30.3 Å². The molecule has 1 aromatic heterocycles. The minimum atomic E-state index is -1.32. The number of esters is 2. The van der Waals surface area contributed by atoms with Crippen LogP contribution >= 0.6 is 0 Å². The fraction of sp³-hybridized carbons (Fsp3) is 0.667. The van der Waals surface area contributed by atoms with Crippen molar-refractivity contribution in [3.05, 3.63) is 47.7 Å². The summed E-state index contributed by atoms with van der Waals surface area (Å²) in [5, 5.41) is 18.4. The van der Waals surface area contributed by atoms with E-state index in [-0.39, 0.29) is 43.6 Å². The molecule has 72 heavy (non-hydrogen) atoms. The van der Waals surface area contributed by atoms with Gasteiger partial charge in [-0.1, -0.05) is 72.7 Å². The monoisotopic (exact) mass is 1010 g/mol. The topological polar surface area (TPSA) is 232 Å². The molecule has 0 bridgehead atoms. The van der Waals surface area contributed by atoms with E-state index in [1.807, 2.05) is 90.5 Å². The van der Waals surface area contributed by atoms with Crippen LogP contribution in [-0.2, 0) is 60.2 Å². The number of rotatable bonds is 21. The second-order valence-corrected chi connectivity index (χ2v) is 23.8. The largest absolute Gasteiger partial charge is 0.481 e. The van der Waals surface area contributed by atoms with Gasteiger partial charge in [0.05, 0.1) is 6.04 Å². The van der Waals surface area contributed by atoms with Crippen molar-refractivity contribution in [1.29, 1.82) is 0 Å². The van der Waals surface area contributed by atoms with Crippen molar-refractivity contribution >= 4 is 58.5 Å². The van der Waals surface area contributed by atoms with Crippen molar-refractivity contribution in [2.24, 2.45) is 18.4 Å². The van der Waals surface area contributed by atoms with E-state index in [1.54, 1.807) is 75.4 Å². The van der Waals surface area contributed by atoms with Crippen LogP contribution in [0.4, 0.5) is 4.79 Å². The average Bonchev–Trinajstić information content (AvgIpc) is 3.56. The summed E-state index contributed by atoms with van der Waals surface area (Å²) in [4.78, 5) is 111. The minimum absolute atomic E-state index is 0.00393. The Morgan fingerprint density at radius 2 is 1.22 bits per heavy atom. The van der Waals surface area contributed by atoms with Gasteiger partial charge in [-0.3, -0.25) is 28.9 Å². The van der Waals surface area contributed by atoms with Gasteiger partial charge in [-0.25, -0.2) is 14.4 Å². The van der Waals surface area contributed by atoms with Crippen LogP contribution in [0.5, 0.6) is 0 Å². The average molecular weight is 1010 g/mol. The van der Waals surface area contributed by atoms with E-state index in [0.29, 0.717) is 0 Å². The van der Waals surface area contributed by atoms with Crippen LogP contribution in [0.1, 0.15) is 155 Å². The molecule has 0 aliphatic heterocycles. The lowest BCUT2D eigenvalue weighted by atomic mass is 9.76. The maximum Gasteiger partial charge on any atom is 0.410 e. The highest BCUT2D eigenvalue weighted by molar-refractivity contribution is 5.97. The molecule has 0 spiro atoms. The van der Waals surface area contributed by atoms with Crippen LogP contribution in [0.3, 0.4) is 0 Å². The number of hydrogen-bond acceptors (Lipinski definition) is 11. The second-order valence-electron chi connectivity index (χ2n) is 23.8. The number of fused-ring (bicyclic) bond motifs is 1. The van der Waals surface area contributed by atoms with Gasteiger partial charge in [-0.05, 0) is 111 Å². The lowest BCUT2D eigenvalue weighted by molar-refractivity contribution is -0.160. The number of aryl methyl sites for hydroxylation is 1. The summed E-state index contributed by atoms with van der Waals surface area (Å²) in [7, 11) is 5.00. The van der Waals surface area contributed by atoms with Crippen molar-refractivity contribution in [2.45, 2.75) is 202 Å². The Hall–Kier alpha value is -5.94. The highest BCUT2D eigenvalue weighted by Crippen LogP contribution is 2.37. The normalized spacial score (nSPS) is 14.8. The van der Waals surface area contributed by atoms with Crippen LogP contribution in [0.25, 0.3) is 10.9 Å². The Morgan fingerprint density at radius 3 is 1.71 bits per heavy atom. The van der Waals surface area contributed by atoms with Crippen LogP contribution in [-0.4, -0.2) is 128 Å². The highest BCUT2D eigenvalue weighted by Gasteiger charge is 2.47. The van der Waals surface area contributed by atoms with Gasteiger partial charge in [0.25, 0.3) is 0 Å². The molecule has 5 unspecified atom stereocenters. The van der Waals surface area contributed by atoms with Gasteiger partial charge >= 0.3 is 24.0 Å². The number of para-hydroxylation sites is 1. The predicted octanol–water partition coefficient (Wildman–Crippen LogP) is 7.34. The van der Waals surface area contributed by atoms with E-state index in [9.17, 15) is 33.6 Å². The number of carbonyl (C=O) groups excluding carboxylic acids is 7. The summed E-state index contributed by atoms with van der Waals surface area (Å²) in [6.45, 7) is 29.6. The number of benzene rings is 1. The SMILES string of the molecule is C/C(=C\C(C(C)C)N(C)C(=O)C(NC(=O)C(N(C)C(=O)OC(C)(C)C)C(C)(C)c1cn(C)c2ccccc12)C(C)(C)C)C(=O)NC(CCC(=O)NC(CCCC(=O)O)C(=O)OC(C)(C)C)C(=O)OC(C)(C)C. The molecule has 0 fully saturated rings. The molecule has 0 radical (unpaired) electrons. The lowest BCUT2D eigenvalue weighted by Crippen LogP contribution is -2.63. The van der Waals surface area contributed by atoms with Crippen LogP contribution in [0.15, 0.2) is 42.1 Å². The van der Waals surface area contributed by atoms with Crippen LogP contribution in [0, 0.1) is 11.3 Å². The van der Waals surface area contributed by atoms with Gasteiger partial charge in [0.15, 0.2) is 0 Å². The molecule has 4 N–H and O–H groups in total. The number of hydrogen-bond donors (Lipinski definition) is 4. The number of likely N-dealkylation sites (N-methyl/N-ethyl adjacent to an activating group) is 2. The molecule has 0 aliphatic carbocycles. The van der Waals surface area contributed by atoms with Crippen LogP contribution < -0.4 is 16.0 Å². The Balaban J connectivity index is 2.51. The molecule has 2 aromatic rings. The smallest absolute Gasteiger partial charge is 0.410 e. The van der Waals surface area contributed by atoms with Gasteiger partial charge < -0.3 is 44.7 Å². The quantitative estimate of drug-likeness (QED) is 0.0547. The Labute approximate surface area is 427 Å². The van der Waals surface area contributed by atoms with E-state index >= 15 is 4.79 Å². The molecule has 1 heterocycles. The lowest BCUT2D eigenvalue weighted by Gasteiger charge is -2.42. The summed E-state index contributed by atoms with van der Waals surface area (Å²) in [5.74, 6) is -5.26. The molecule has 1 aromatic carbocycles. The number of carboxylic acids is 1. The van der Waals surface area contributed by atoms with E-state index in [2.05, 4.69) is 16.0 Å². The number of amides is 5. The van der Waals surface area contributed by atoms with E-state index in [4.69, 9.17) is 19.3 Å². The summed E-state index contributed by atoms with van der Waals surface area (Å²) in [6.07, 6.45) is 2.12. The van der Waals surface area contributed by atoms with Crippen molar-refractivity contribution < 1.29 is 57.7 Å². The molecule has 404 valence electrons. The number of nitrogens with one attached hydrogen (secondary N) is 3. The molecular formula is C54H86N6O12. The van der Waals surface area contributed by atoms with Crippen molar-refractivity contribution in [3.63, 3.8) is 0 Å². The molecule has 5 amide bonds. The number of carboxylic acid groups (broad SMARTS) is 1. The summed E-state index contributed by atoms with van der Waals surface area (Å²) in [6, 6.07) is 2.27. The molecule has 5 atom stereocenters. The number of aliphatic carboxylic acids is 1. The van der Waals surface area contributed by atoms with Gasteiger partial charge in [-0.15, -0.1) is 0 Å². The molecule has 0 saturated heterocycles. The maximum absolute atomic E-state index is 15.0. The first kappa shape index (κ1) is 62.2. The van der Waals surface area contributed by atoms with Gasteiger partial charge in [-0.2, -0.15) is 0 Å². The number of carbonyl (C=O) groups is 8. The standard InChI is InChI=1S/C54H86N6O12/c1-32(2)39(30-33(3)44(64)56-37(48(68)71-52(10,11)12)28-29-40(61)55-36(25-23-27-41(62)63)47(67)70-51(7,8)9)59(19)46(66)42(50(4,5)6)57-45(65)43(60(20)49(69)72-53(13,14)15)54(16,17)35-31-58(18)38-26-22-21-24-34(35)38/h21-22,24,26,30-32,36-37,39,42-43H,23,25,27-29H2,1-20H3,(H,55,61)(H,56,64)(H,57,65)(H,62,63)/b33-30+. The summed E-state index contributed by atoms with van der Waals surface area (Å²) >= 11 is 0. The van der Waals surface area contributed by atoms with Gasteiger partial charge in [0.1, 0.15) is 41.0 Å². The van der Waals surface area contributed by atoms with Crippen LogP contribution in [0.2, 0.25) is 0 Å². The first-order chi connectivity index (χ1) is 32.7. The fourth-order valence-corrected chi connectivity index (χ4v) is 8.25. The first-order valence-corrected chi connectivity index (χ1v) is 24.7. The molecule has 18 heteroatoms. The Kier molecular flexibility index (Phi) is 21.3. The third kappa shape index (κ3) is 18.6. The zero-order chi connectivity index (χ0) is 55.6. The summed E-state index contributed by atoms with van der Waals surface area (Å²) < 4.78 is 18.8. The zero-order valence-corrected chi connectivity index (χ0v) is 46.7. The van der Waals surface area contributed by atoms with E-state index < -0.39 is 105 Å². The zero-order valence-electron chi connectivity index (χ0n) is 46.7. The van der Waals surface area contributed by atoms with Crippen molar-refractivity contribution in [3.8, 4) is 0 Å². The first-order valence-electron chi connectivity index (χ1n) is 24.7. The molecule has 0 saturated carbocycles. The van der Waals surface area contributed by atoms with Gasteiger partial charge in [0.2, 0.25) is 23.6 Å². The second kappa shape index (κ2) is 24.7. The number of aromatic nitrogens is 1. The Bertz CT molecular complexity index is 2300. The highest BCUT2D eigenvalue weighted by atomic mass is 16.6. The summed E-state index contributed by atoms with van der Waals surface area (Å²) in [5.41, 5.74) is -2.73.